The second-order valence-corrected chi connectivity index (χ2v) is 7.07. The Morgan fingerprint density at radius 2 is 1.88 bits per heavy atom. The minimum Gasteiger partial charge on any atom is -0.454 e. The van der Waals surface area contributed by atoms with E-state index in [1.807, 2.05) is 42.5 Å². The highest BCUT2D eigenvalue weighted by atomic mass is 16.7. The van der Waals surface area contributed by atoms with E-state index in [9.17, 15) is 4.79 Å². The van der Waals surface area contributed by atoms with Crippen LogP contribution in [0.15, 0.2) is 42.5 Å². The maximum absolute atomic E-state index is 13.0. The van der Waals surface area contributed by atoms with Gasteiger partial charge in [0.25, 0.3) is 5.91 Å². The summed E-state index contributed by atoms with van der Waals surface area (Å²) in [4.78, 5) is 14.4. The van der Waals surface area contributed by atoms with Gasteiger partial charge in [-0.15, -0.1) is 0 Å². The van der Waals surface area contributed by atoms with Gasteiger partial charge in [-0.25, -0.2) is 0 Å². The van der Waals surface area contributed by atoms with E-state index in [2.05, 4.69) is 5.32 Å². The van der Waals surface area contributed by atoms with E-state index in [1.54, 1.807) is 7.05 Å². The third-order valence-corrected chi connectivity index (χ3v) is 5.51. The summed E-state index contributed by atoms with van der Waals surface area (Å²) in [5.41, 5.74) is 2.11. The van der Waals surface area contributed by atoms with E-state index in [0.717, 1.165) is 41.0 Å². The molecule has 3 aliphatic rings. The molecule has 132 valence electrons. The predicted molar refractivity (Wildman–Crippen MR) is 96.0 cm³/mol. The highest BCUT2D eigenvalue weighted by Gasteiger charge is 2.58. The van der Waals surface area contributed by atoms with E-state index in [1.165, 1.54) is 4.90 Å². The molecule has 2 fully saturated rings. The first-order chi connectivity index (χ1) is 12.6. The molecule has 0 radical (unpaired) electrons. The Bertz CT molecular complexity index is 938. The van der Waals surface area contributed by atoms with Crippen molar-refractivity contribution in [3.8, 4) is 22.6 Å². The Labute approximate surface area is 151 Å². The van der Waals surface area contributed by atoms with Crippen LogP contribution in [0.3, 0.4) is 0 Å². The van der Waals surface area contributed by atoms with Crippen molar-refractivity contribution < 1.29 is 14.3 Å². The lowest BCUT2D eigenvalue weighted by Gasteiger charge is -2.28. The summed E-state index contributed by atoms with van der Waals surface area (Å²) in [5.74, 6) is 1.83. The molecule has 1 saturated carbocycles. The minimum atomic E-state index is -0.821. The first-order valence-electron chi connectivity index (χ1n) is 8.75. The summed E-state index contributed by atoms with van der Waals surface area (Å²) in [6.07, 6.45) is 1.99. The smallest absolute Gasteiger partial charge is 0.259 e. The molecule has 0 spiro atoms. The molecule has 0 aromatic heterocycles. The van der Waals surface area contributed by atoms with E-state index in [0.29, 0.717) is 0 Å². The molecule has 1 saturated heterocycles. The first kappa shape index (κ1) is 15.3. The number of nitrogens with one attached hydrogen (secondary N) is 2. The van der Waals surface area contributed by atoms with Gasteiger partial charge in [0, 0.05) is 7.05 Å². The number of carbonyl (C=O) groups is 1. The topological polar surface area (TPSA) is 74.7 Å². The van der Waals surface area contributed by atoms with Crippen LogP contribution in [0.4, 0.5) is 0 Å². The molecule has 2 aromatic carbocycles. The monoisotopic (exact) mass is 349 g/mol. The van der Waals surface area contributed by atoms with Crippen molar-refractivity contribution in [2.75, 3.05) is 13.8 Å². The molecular formula is C20H19N3O3. The average Bonchev–Trinajstić information content (AvgIpc) is 3.36. The van der Waals surface area contributed by atoms with Crippen LogP contribution in [-0.2, 0) is 10.3 Å². The molecule has 6 heteroatoms. The van der Waals surface area contributed by atoms with Crippen LogP contribution >= 0.6 is 0 Å². The number of benzene rings is 2. The molecule has 1 unspecified atom stereocenters. The summed E-state index contributed by atoms with van der Waals surface area (Å²) in [6.45, 7) is 0.247. The highest BCUT2D eigenvalue weighted by Crippen LogP contribution is 2.49. The van der Waals surface area contributed by atoms with Crippen LogP contribution in [-0.4, -0.2) is 30.6 Å². The Morgan fingerprint density at radius 3 is 2.62 bits per heavy atom. The first-order valence-corrected chi connectivity index (χ1v) is 8.75. The third-order valence-electron chi connectivity index (χ3n) is 5.51. The lowest BCUT2D eigenvalue weighted by molar-refractivity contribution is -0.131. The van der Waals surface area contributed by atoms with Crippen molar-refractivity contribution in [2.45, 2.75) is 18.4 Å². The number of fused-ring (bicyclic) bond motifs is 1. The molecule has 26 heavy (non-hydrogen) atoms. The van der Waals surface area contributed by atoms with Gasteiger partial charge in [-0.3, -0.25) is 15.1 Å². The molecule has 2 N–H and O–H groups in total. The quantitative estimate of drug-likeness (QED) is 0.893. The van der Waals surface area contributed by atoms with Crippen LogP contribution in [0.25, 0.3) is 11.1 Å². The molecule has 1 atom stereocenters. The van der Waals surface area contributed by atoms with Crippen molar-refractivity contribution in [1.29, 1.82) is 5.41 Å². The molecule has 2 heterocycles. The fourth-order valence-electron chi connectivity index (χ4n) is 3.93. The van der Waals surface area contributed by atoms with Crippen LogP contribution < -0.4 is 14.8 Å². The van der Waals surface area contributed by atoms with Gasteiger partial charge in [0.1, 0.15) is 5.54 Å². The number of hydrogen-bond acceptors (Lipinski definition) is 4. The standard InChI is InChI=1S/C20H19N3O3/c1-23-18(24)20(14-6-7-14,22-19(23)21)15-4-2-3-12(9-15)13-5-8-16-17(10-13)26-11-25-16/h2-5,8-10,14H,6-7,11H2,1H3,(H2,21,22). The van der Waals surface area contributed by atoms with Crippen molar-refractivity contribution in [3.05, 3.63) is 48.0 Å². The zero-order valence-corrected chi connectivity index (χ0v) is 14.4. The predicted octanol–water partition coefficient (Wildman–Crippen LogP) is 2.68. The zero-order chi connectivity index (χ0) is 17.9. The molecule has 0 bridgehead atoms. The van der Waals surface area contributed by atoms with Gasteiger partial charge in [0.15, 0.2) is 17.5 Å². The SMILES string of the molecule is CN1C(=N)NC(c2cccc(-c3ccc4c(c3)OCO4)c2)(C2CC2)C1=O. The number of rotatable bonds is 3. The lowest BCUT2D eigenvalue weighted by atomic mass is 9.83. The van der Waals surface area contributed by atoms with Crippen molar-refractivity contribution in [2.24, 2.45) is 5.92 Å². The van der Waals surface area contributed by atoms with Crippen LogP contribution in [0, 0.1) is 11.3 Å². The fraction of sp³-hybridized carbons (Fsp3) is 0.300. The largest absolute Gasteiger partial charge is 0.454 e. The summed E-state index contributed by atoms with van der Waals surface area (Å²) < 4.78 is 10.9. The van der Waals surface area contributed by atoms with Gasteiger partial charge >= 0.3 is 0 Å². The third kappa shape index (κ3) is 2.05. The van der Waals surface area contributed by atoms with E-state index >= 15 is 0 Å². The van der Waals surface area contributed by atoms with Crippen LogP contribution in [0.1, 0.15) is 18.4 Å². The van der Waals surface area contributed by atoms with Gasteiger partial charge in [-0.1, -0.05) is 24.3 Å². The van der Waals surface area contributed by atoms with Gasteiger partial charge in [-0.2, -0.15) is 0 Å². The number of nitrogens with zero attached hydrogens (tertiary/aromatic N) is 1. The van der Waals surface area contributed by atoms with Gasteiger partial charge < -0.3 is 14.8 Å². The molecule has 5 rings (SSSR count). The average molecular weight is 349 g/mol. The maximum Gasteiger partial charge on any atom is 0.259 e. The number of amides is 1. The number of guanidine groups is 1. The molecular weight excluding hydrogens is 330 g/mol. The minimum absolute atomic E-state index is 0.0483. The Balaban J connectivity index is 1.59. The number of ether oxygens (including phenoxy) is 2. The van der Waals surface area contributed by atoms with Crippen LogP contribution in [0.5, 0.6) is 11.5 Å². The zero-order valence-electron chi connectivity index (χ0n) is 14.4. The van der Waals surface area contributed by atoms with Gasteiger partial charge in [-0.05, 0) is 53.6 Å². The number of likely N-dealkylation sites (N-methyl/N-ethyl adjacent to an activating group) is 1. The molecule has 6 nitrogen and oxygen atoms in total. The van der Waals surface area contributed by atoms with Gasteiger partial charge in [0.05, 0.1) is 0 Å². The second-order valence-electron chi connectivity index (χ2n) is 7.07. The van der Waals surface area contributed by atoms with Gasteiger partial charge in [0.2, 0.25) is 6.79 Å². The van der Waals surface area contributed by atoms with Crippen molar-refractivity contribution in [3.63, 3.8) is 0 Å². The molecule has 1 aliphatic carbocycles. The molecule has 2 aliphatic heterocycles. The summed E-state index contributed by atoms with van der Waals surface area (Å²) in [6, 6.07) is 13.9. The number of carbonyl (C=O) groups excluding carboxylic acids is 1. The highest BCUT2D eigenvalue weighted by molar-refractivity contribution is 6.08. The summed E-state index contributed by atoms with van der Waals surface area (Å²) >= 11 is 0. The fourth-order valence-corrected chi connectivity index (χ4v) is 3.93. The van der Waals surface area contributed by atoms with Crippen LogP contribution in [0.2, 0.25) is 0 Å². The maximum atomic E-state index is 13.0. The second kappa shape index (κ2) is 5.24. The lowest BCUT2D eigenvalue weighted by Crippen LogP contribution is -2.46. The van der Waals surface area contributed by atoms with E-state index < -0.39 is 5.54 Å². The Hall–Kier alpha value is -3.02. The van der Waals surface area contributed by atoms with Crippen molar-refractivity contribution in [1.82, 2.24) is 10.2 Å². The normalized spacial score (nSPS) is 24.1. The van der Waals surface area contributed by atoms with Crippen molar-refractivity contribution >= 4 is 11.9 Å². The van der Waals surface area contributed by atoms with E-state index in [-0.39, 0.29) is 24.6 Å². The Kier molecular flexibility index (Phi) is 3.07. The Morgan fingerprint density at radius 1 is 1.12 bits per heavy atom. The summed E-state index contributed by atoms with van der Waals surface area (Å²) in [5, 5.41) is 11.3. The molecule has 2 aromatic rings. The summed E-state index contributed by atoms with van der Waals surface area (Å²) in [7, 11) is 1.66. The van der Waals surface area contributed by atoms with E-state index in [4.69, 9.17) is 14.9 Å². The number of hydrogen-bond donors (Lipinski definition) is 2. The molecule has 1 amide bonds.